The van der Waals surface area contributed by atoms with E-state index in [-0.39, 0.29) is 11.9 Å². The lowest BCUT2D eigenvalue weighted by molar-refractivity contribution is 0.0932. The molecule has 1 unspecified atom stereocenters. The van der Waals surface area contributed by atoms with Crippen LogP contribution >= 0.6 is 11.3 Å². The lowest BCUT2D eigenvalue weighted by Crippen LogP contribution is -2.28. The van der Waals surface area contributed by atoms with Crippen LogP contribution in [0.15, 0.2) is 23.7 Å². The topological polar surface area (TPSA) is 83.8 Å². The molecule has 2 aromatic heterocycles. The molecule has 5 nitrogen and oxygen atoms in total. The van der Waals surface area contributed by atoms with Gasteiger partial charge in [-0.25, -0.2) is 0 Å². The zero-order valence-electron chi connectivity index (χ0n) is 9.43. The van der Waals surface area contributed by atoms with Crippen molar-refractivity contribution in [1.29, 1.82) is 0 Å². The maximum absolute atomic E-state index is 11.9. The first-order valence-corrected chi connectivity index (χ1v) is 6.23. The summed E-state index contributed by atoms with van der Waals surface area (Å²) in [6.07, 6.45) is 2.27. The lowest BCUT2D eigenvalue weighted by Gasteiger charge is -2.14. The van der Waals surface area contributed by atoms with Crippen molar-refractivity contribution in [3.05, 3.63) is 34.3 Å². The predicted octanol–water partition coefficient (Wildman–Crippen LogP) is 1.93. The number of H-pyrrole nitrogens is 1. The van der Waals surface area contributed by atoms with E-state index >= 15 is 0 Å². The molecule has 1 atom stereocenters. The Morgan fingerprint density at radius 3 is 3.06 bits per heavy atom. The first-order chi connectivity index (χ1) is 8.22. The summed E-state index contributed by atoms with van der Waals surface area (Å²) in [5.41, 5.74) is 6.31. The summed E-state index contributed by atoms with van der Waals surface area (Å²) in [7, 11) is 0. The number of carbonyl (C=O) groups is 1. The number of nitrogens with zero attached hydrogens (tertiary/aromatic N) is 1. The Bertz CT molecular complexity index is 491. The van der Waals surface area contributed by atoms with Gasteiger partial charge in [0.05, 0.1) is 17.9 Å². The molecule has 0 aliphatic heterocycles. The molecule has 6 heteroatoms. The van der Waals surface area contributed by atoms with Gasteiger partial charge in [-0.05, 0) is 17.9 Å². The fraction of sp³-hybridized carbons (Fsp3) is 0.273. The Morgan fingerprint density at radius 1 is 1.71 bits per heavy atom. The maximum Gasteiger partial charge on any atom is 0.271 e. The Morgan fingerprint density at radius 2 is 2.53 bits per heavy atom. The van der Waals surface area contributed by atoms with Gasteiger partial charge in [-0.1, -0.05) is 13.0 Å². The average Bonchev–Trinajstić information content (AvgIpc) is 2.96. The molecule has 0 radical (unpaired) electrons. The number of amides is 1. The number of carbonyl (C=O) groups excluding carboxylic acids is 1. The second-order valence-electron chi connectivity index (χ2n) is 3.65. The van der Waals surface area contributed by atoms with Crippen LogP contribution in [0.3, 0.4) is 0 Å². The van der Waals surface area contributed by atoms with E-state index in [1.54, 1.807) is 11.3 Å². The van der Waals surface area contributed by atoms with Gasteiger partial charge in [-0.3, -0.25) is 9.89 Å². The number of anilines is 1. The van der Waals surface area contributed by atoms with Crippen LogP contribution < -0.4 is 11.1 Å². The molecule has 0 aliphatic rings. The third-order valence-corrected chi connectivity index (χ3v) is 3.48. The SMILES string of the molecule is CCC(NC(=O)c1[nH]ncc1N)c1cccs1. The number of aromatic nitrogens is 2. The molecular weight excluding hydrogens is 236 g/mol. The molecule has 90 valence electrons. The second kappa shape index (κ2) is 5.01. The summed E-state index contributed by atoms with van der Waals surface area (Å²) in [5, 5.41) is 11.3. The van der Waals surface area contributed by atoms with E-state index in [0.29, 0.717) is 11.4 Å². The zero-order valence-corrected chi connectivity index (χ0v) is 10.3. The Hall–Kier alpha value is -1.82. The number of nitrogens with one attached hydrogen (secondary N) is 2. The molecule has 1 amide bonds. The van der Waals surface area contributed by atoms with Gasteiger partial charge in [-0.15, -0.1) is 11.3 Å². The van der Waals surface area contributed by atoms with Gasteiger partial charge >= 0.3 is 0 Å². The molecule has 4 N–H and O–H groups in total. The molecule has 2 heterocycles. The Kier molecular flexibility index (Phi) is 3.43. The van der Waals surface area contributed by atoms with Gasteiger partial charge in [-0.2, -0.15) is 5.10 Å². The molecule has 0 bridgehead atoms. The van der Waals surface area contributed by atoms with E-state index in [9.17, 15) is 4.79 Å². The van der Waals surface area contributed by atoms with E-state index in [1.807, 2.05) is 24.4 Å². The van der Waals surface area contributed by atoms with Gasteiger partial charge < -0.3 is 11.1 Å². The van der Waals surface area contributed by atoms with Crippen molar-refractivity contribution >= 4 is 22.9 Å². The highest BCUT2D eigenvalue weighted by Crippen LogP contribution is 2.22. The summed E-state index contributed by atoms with van der Waals surface area (Å²) in [4.78, 5) is 13.1. The third kappa shape index (κ3) is 2.47. The molecule has 0 aromatic carbocycles. The fourth-order valence-electron chi connectivity index (χ4n) is 1.57. The van der Waals surface area contributed by atoms with E-state index in [0.717, 1.165) is 11.3 Å². The number of nitrogens with two attached hydrogens (primary N) is 1. The van der Waals surface area contributed by atoms with Crippen molar-refractivity contribution < 1.29 is 4.79 Å². The van der Waals surface area contributed by atoms with Crippen LogP contribution in [0.4, 0.5) is 5.69 Å². The average molecular weight is 250 g/mol. The summed E-state index contributed by atoms with van der Waals surface area (Å²) in [6, 6.07) is 4.00. The summed E-state index contributed by atoms with van der Waals surface area (Å²) in [5.74, 6) is -0.222. The summed E-state index contributed by atoms with van der Waals surface area (Å²) in [6.45, 7) is 2.03. The Balaban J connectivity index is 2.10. The van der Waals surface area contributed by atoms with Crippen molar-refractivity contribution in [3.8, 4) is 0 Å². The van der Waals surface area contributed by atoms with Gasteiger partial charge in [0.15, 0.2) is 0 Å². The number of hydrogen-bond acceptors (Lipinski definition) is 4. The molecule has 2 aromatic rings. The molecule has 2 rings (SSSR count). The number of nitrogen functional groups attached to an aromatic ring is 1. The van der Waals surface area contributed by atoms with Crippen molar-refractivity contribution in [2.24, 2.45) is 0 Å². The van der Waals surface area contributed by atoms with Gasteiger partial charge in [0, 0.05) is 4.88 Å². The molecule has 0 spiro atoms. The summed E-state index contributed by atoms with van der Waals surface area (Å²) < 4.78 is 0. The fourth-order valence-corrected chi connectivity index (χ4v) is 2.43. The van der Waals surface area contributed by atoms with Gasteiger partial charge in [0.25, 0.3) is 5.91 Å². The van der Waals surface area contributed by atoms with Crippen molar-refractivity contribution in [3.63, 3.8) is 0 Å². The van der Waals surface area contributed by atoms with E-state index in [1.165, 1.54) is 6.20 Å². The highest BCUT2D eigenvalue weighted by Gasteiger charge is 2.17. The van der Waals surface area contributed by atoms with Crippen LogP contribution in [0.5, 0.6) is 0 Å². The van der Waals surface area contributed by atoms with Crippen LogP contribution in [0, 0.1) is 0 Å². The quantitative estimate of drug-likeness (QED) is 0.775. The van der Waals surface area contributed by atoms with E-state index in [2.05, 4.69) is 15.5 Å². The lowest BCUT2D eigenvalue weighted by atomic mass is 10.2. The van der Waals surface area contributed by atoms with E-state index in [4.69, 9.17) is 5.73 Å². The normalized spacial score (nSPS) is 12.3. The number of thiophene rings is 1. The Labute approximate surface area is 103 Å². The minimum absolute atomic E-state index is 0.0187. The van der Waals surface area contributed by atoms with Crippen LogP contribution in [-0.2, 0) is 0 Å². The molecular formula is C11H14N4OS. The molecule has 0 aliphatic carbocycles. The van der Waals surface area contributed by atoms with E-state index < -0.39 is 0 Å². The van der Waals surface area contributed by atoms with Crippen molar-refractivity contribution in [2.75, 3.05) is 5.73 Å². The van der Waals surface area contributed by atoms with Crippen LogP contribution in [0.25, 0.3) is 0 Å². The minimum atomic E-state index is -0.222. The number of hydrogen-bond donors (Lipinski definition) is 3. The first kappa shape index (κ1) is 11.7. The molecule has 0 saturated carbocycles. The minimum Gasteiger partial charge on any atom is -0.396 e. The first-order valence-electron chi connectivity index (χ1n) is 5.35. The summed E-state index contributed by atoms with van der Waals surface area (Å²) >= 11 is 1.63. The van der Waals surface area contributed by atoms with Crippen LogP contribution in [0.1, 0.15) is 34.8 Å². The standard InChI is InChI=1S/C11H14N4OS/c1-2-8(9-4-3-5-17-9)14-11(16)10-7(12)6-13-15-10/h3-6,8H,2,12H2,1H3,(H,13,15)(H,14,16). The molecule has 0 saturated heterocycles. The highest BCUT2D eigenvalue weighted by molar-refractivity contribution is 7.10. The largest absolute Gasteiger partial charge is 0.396 e. The smallest absolute Gasteiger partial charge is 0.271 e. The van der Waals surface area contributed by atoms with Crippen molar-refractivity contribution in [2.45, 2.75) is 19.4 Å². The van der Waals surface area contributed by atoms with Gasteiger partial charge in [0.1, 0.15) is 5.69 Å². The third-order valence-electron chi connectivity index (χ3n) is 2.50. The zero-order chi connectivity index (χ0) is 12.3. The van der Waals surface area contributed by atoms with Crippen LogP contribution in [0.2, 0.25) is 0 Å². The molecule has 0 fully saturated rings. The maximum atomic E-state index is 11.9. The number of aromatic amines is 1. The number of rotatable bonds is 4. The molecule has 17 heavy (non-hydrogen) atoms. The predicted molar refractivity (Wildman–Crippen MR) is 67.8 cm³/mol. The second-order valence-corrected chi connectivity index (χ2v) is 4.63. The monoisotopic (exact) mass is 250 g/mol. The van der Waals surface area contributed by atoms with Crippen molar-refractivity contribution in [1.82, 2.24) is 15.5 Å². The van der Waals surface area contributed by atoms with Gasteiger partial charge in [0.2, 0.25) is 0 Å². The van der Waals surface area contributed by atoms with Crippen LogP contribution in [-0.4, -0.2) is 16.1 Å². The highest BCUT2D eigenvalue weighted by atomic mass is 32.1.